The molecule has 1 aliphatic heterocycles. The third-order valence-corrected chi connectivity index (χ3v) is 5.56. The van der Waals surface area contributed by atoms with E-state index in [4.69, 9.17) is 0 Å². The summed E-state index contributed by atoms with van der Waals surface area (Å²) >= 11 is 5.39. The Hall–Kier alpha value is -1.32. The topological polar surface area (TPSA) is 4.93 Å². The number of thiophene rings is 1. The molecule has 1 aromatic carbocycles. The van der Waals surface area contributed by atoms with Crippen molar-refractivity contribution < 1.29 is 0 Å². The number of nitrogens with zero attached hydrogens (tertiary/aromatic N) is 1. The molecule has 3 heteroatoms. The van der Waals surface area contributed by atoms with Gasteiger partial charge in [-0.05, 0) is 46.5 Å². The maximum atomic E-state index is 3.58. The minimum atomic E-state index is 1.15. The molecule has 100 valence electrons. The highest BCUT2D eigenvalue weighted by atomic mass is 79.9. The van der Waals surface area contributed by atoms with Gasteiger partial charge in [-0.2, -0.15) is 0 Å². The summed E-state index contributed by atoms with van der Waals surface area (Å²) in [6, 6.07) is 15.1. The van der Waals surface area contributed by atoms with E-state index in [1.807, 2.05) is 11.3 Å². The Kier molecular flexibility index (Phi) is 3.04. The molecule has 20 heavy (non-hydrogen) atoms. The third kappa shape index (κ3) is 1.97. The van der Waals surface area contributed by atoms with Crippen LogP contribution in [0, 0.1) is 0 Å². The van der Waals surface area contributed by atoms with Crippen LogP contribution in [0.4, 0.5) is 0 Å². The van der Waals surface area contributed by atoms with Crippen LogP contribution in [0.25, 0.3) is 21.6 Å². The van der Waals surface area contributed by atoms with Crippen LogP contribution in [0.15, 0.2) is 52.4 Å². The Morgan fingerprint density at radius 3 is 2.65 bits per heavy atom. The molecule has 0 unspecified atom stereocenters. The molecule has 4 rings (SSSR count). The lowest BCUT2D eigenvalue weighted by Gasteiger charge is -2.05. The summed E-state index contributed by atoms with van der Waals surface area (Å²) in [5, 5.41) is 0. The molecule has 0 aliphatic carbocycles. The second-order valence-electron chi connectivity index (χ2n) is 5.13. The molecule has 0 amide bonds. The first-order chi connectivity index (χ1) is 9.83. The van der Waals surface area contributed by atoms with E-state index >= 15 is 0 Å². The van der Waals surface area contributed by atoms with E-state index in [0.717, 1.165) is 6.54 Å². The first kappa shape index (κ1) is 12.4. The summed E-state index contributed by atoms with van der Waals surface area (Å²) in [5.74, 6) is 0. The monoisotopic (exact) mass is 343 g/mol. The van der Waals surface area contributed by atoms with Crippen LogP contribution in [0.1, 0.15) is 12.1 Å². The van der Waals surface area contributed by atoms with E-state index < -0.39 is 0 Å². The van der Waals surface area contributed by atoms with Crippen molar-refractivity contribution in [2.75, 3.05) is 0 Å². The SMILES string of the molecule is Brc1ccc(-c2cn3c(c2-c2ccccc2)CCC3)s1. The molecule has 0 saturated heterocycles. The van der Waals surface area contributed by atoms with Gasteiger partial charge in [0.1, 0.15) is 0 Å². The lowest BCUT2D eigenvalue weighted by Crippen LogP contribution is -1.88. The minimum Gasteiger partial charge on any atom is -0.350 e. The lowest BCUT2D eigenvalue weighted by atomic mass is 9.99. The fourth-order valence-electron chi connectivity index (χ4n) is 3.06. The van der Waals surface area contributed by atoms with Crippen LogP contribution in [0.5, 0.6) is 0 Å². The first-order valence-corrected chi connectivity index (χ1v) is 8.47. The number of benzene rings is 1. The van der Waals surface area contributed by atoms with E-state index in [1.54, 1.807) is 0 Å². The molecule has 1 nitrogen and oxygen atoms in total. The zero-order valence-corrected chi connectivity index (χ0v) is 13.4. The average Bonchev–Trinajstić information content (AvgIpc) is 3.13. The number of fused-ring (bicyclic) bond motifs is 1. The molecule has 0 fully saturated rings. The minimum absolute atomic E-state index is 1.15. The summed E-state index contributed by atoms with van der Waals surface area (Å²) < 4.78 is 3.63. The van der Waals surface area contributed by atoms with Gasteiger partial charge >= 0.3 is 0 Å². The number of halogens is 1. The molecule has 3 aromatic rings. The van der Waals surface area contributed by atoms with E-state index in [0.29, 0.717) is 0 Å². The maximum absolute atomic E-state index is 3.58. The van der Waals surface area contributed by atoms with Crippen molar-refractivity contribution in [1.82, 2.24) is 4.57 Å². The normalized spacial score (nSPS) is 13.7. The molecule has 0 radical (unpaired) electrons. The Morgan fingerprint density at radius 1 is 1.05 bits per heavy atom. The van der Waals surface area contributed by atoms with Crippen LogP contribution in [0.3, 0.4) is 0 Å². The molecular formula is C17H14BrNS. The molecule has 0 atom stereocenters. The summed E-state index contributed by atoms with van der Waals surface area (Å²) in [6.07, 6.45) is 4.79. The Labute approximate surface area is 131 Å². The molecule has 1 aliphatic rings. The van der Waals surface area contributed by atoms with Gasteiger partial charge in [0.15, 0.2) is 0 Å². The van der Waals surface area contributed by atoms with Gasteiger partial charge in [-0.15, -0.1) is 11.3 Å². The number of hydrogen-bond acceptors (Lipinski definition) is 1. The van der Waals surface area contributed by atoms with Crippen molar-refractivity contribution in [3.63, 3.8) is 0 Å². The summed E-state index contributed by atoms with van der Waals surface area (Å²) in [5.41, 5.74) is 5.64. The van der Waals surface area contributed by atoms with Crippen molar-refractivity contribution >= 4 is 27.3 Å². The Bertz CT molecular complexity index is 755. The molecule has 2 aromatic heterocycles. The predicted octanol–water partition coefficient (Wildman–Crippen LogP) is 5.59. The average molecular weight is 344 g/mol. The Morgan fingerprint density at radius 2 is 1.90 bits per heavy atom. The summed E-state index contributed by atoms with van der Waals surface area (Å²) in [7, 11) is 0. The third-order valence-electron chi connectivity index (χ3n) is 3.90. The summed E-state index contributed by atoms with van der Waals surface area (Å²) in [4.78, 5) is 1.35. The van der Waals surface area contributed by atoms with Crippen LogP contribution < -0.4 is 0 Å². The van der Waals surface area contributed by atoms with Gasteiger partial charge in [-0.3, -0.25) is 0 Å². The fraction of sp³-hybridized carbons (Fsp3) is 0.176. The van der Waals surface area contributed by atoms with Gasteiger partial charge < -0.3 is 4.57 Å². The van der Waals surface area contributed by atoms with E-state index in [9.17, 15) is 0 Å². The van der Waals surface area contributed by atoms with Gasteiger partial charge in [0.2, 0.25) is 0 Å². The van der Waals surface area contributed by atoms with Crippen molar-refractivity contribution in [3.05, 3.63) is 58.1 Å². The summed E-state index contributed by atoms with van der Waals surface area (Å²) in [6.45, 7) is 1.15. The second-order valence-corrected chi connectivity index (χ2v) is 7.59. The van der Waals surface area contributed by atoms with Crippen molar-refractivity contribution in [2.45, 2.75) is 19.4 Å². The molecular weight excluding hydrogens is 330 g/mol. The maximum Gasteiger partial charge on any atom is 0.0705 e. The van der Waals surface area contributed by atoms with Crippen molar-refractivity contribution in [2.24, 2.45) is 0 Å². The molecule has 3 heterocycles. The first-order valence-electron chi connectivity index (χ1n) is 6.86. The van der Waals surface area contributed by atoms with Crippen molar-refractivity contribution in [3.8, 4) is 21.6 Å². The van der Waals surface area contributed by atoms with Gasteiger partial charge in [-0.1, -0.05) is 30.3 Å². The van der Waals surface area contributed by atoms with Crippen LogP contribution in [0.2, 0.25) is 0 Å². The highest BCUT2D eigenvalue weighted by Gasteiger charge is 2.22. The quantitative estimate of drug-likeness (QED) is 0.571. The van der Waals surface area contributed by atoms with Crippen LogP contribution in [-0.4, -0.2) is 4.57 Å². The number of rotatable bonds is 2. The second kappa shape index (κ2) is 4.90. The van der Waals surface area contributed by atoms with Crippen molar-refractivity contribution in [1.29, 1.82) is 0 Å². The number of hydrogen-bond donors (Lipinski definition) is 0. The predicted molar refractivity (Wildman–Crippen MR) is 89.2 cm³/mol. The molecule has 0 saturated carbocycles. The standard InChI is InChI=1S/C17H14BrNS/c18-16-9-8-15(20-16)13-11-19-10-4-7-14(19)17(13)12-5-2-1-3-6-12/h1-3,5-6,8-9,11H,4,7,10H2. The van der Waals surface area contributed by atoms with Crippen LogP contribution in [-0.2, 0) is 13.0 Å². The highest BCUT2D eigenvalue weighted by Crippen LogP contribution is 2.42. The number of aryl methyl sites for hydroxylation is 1. The number of aromatic nitrogens is 1. The van der Waals surface area contributed by atoms with Crippen LogP contribution >= 0.6 is 27.3 Å². The van der Waals surface area contributed by atoms with E-state index in [2.05, 4.69) is 69.2 Å². The van der Waals surface area contributed by atoms with Gasteiger partial charge in [0.05, 0.1) is 3.79 Å². The zero-order valence-electron chi connectivity index (χ0n) is 11.0. The van der Waals surface area contributed by atoms with Gasteiger partial charge in [0, 0.05) is 34.4 Å². The van der Waals surface area contributed by atoms with E-state index in [-0.39, 0.29) is 0 Å². The smallest absolute Gasteiger partial charge is 0.0705 e. The molecule has 0 bridgehead atoms. The van der Waals surface area contributed by atoms with Gasteiger partial charge in [-0.25, -0.2) is 0 Å². The van der Waals surface area contributed by atoms with E-state index in [1.165, 1.54) is 43.9 Å². The Balaban J connectivity index is 1.96. The molecule has 0 spiro atoms. The highest BCUT2D eigenvalue weighted by molar-refractivity contribution is 9.11. The lowest BCUT2D eigenvalue weighted by molar-refractivity contribution is 0.751. The largest absolute Gasteiger partial charge is 0.350 e. The zero-order chi connectivity index (χ0) is 13.5. The fourth-order valence-corrected chi connectivity index (χ4v) is 4.46. The van der Waals surface area contributed by atoms with Gasteiger partial charge in [0.25, 0.3) is 0 Å². The molecule has 0 N–H and O–H groups in total.